The summed E-state index contributed by atoms with van der Waals surface area (Å²) in [7, 11) is 0. The molecular weight excluding hydrogens is 466 g/mol. The first-order chi connectivity index (χ1) is 16.9. The summed E-state index contributed by atoms with van der Waals surface area (Å²) in [5, 5.41) is 42.6. The van der Waals surface area contributed by atoms with Crippen molar-refractivity contribution in [2.45, 2.75) is 43.7 Å². The average Bonchev–Trinajstić information content (AvgIpc) is 2.86. The minimum absolute atomic E-state index is 0.00612. The van der Waals surface area contributed by atoms with E-state index >= 15 is 0 Å². The van der Waals surface area contributed by atoms with Gasteiger partial charge in [0.25, 0.3) is 0 Å². The SMILES string of the molecule is NCCN([C@@H](CCc1ccccc1)C(=O)O)[C@@H](CCS)C(O)c1nc(C(O)O)cc2ccccc12. The van der Waals surface area contributed by atoms with Crippen LogP contribution in [0.25, 0.3) is 10.8 Å². The lowest BCUT2D eigenvalue weighted by atomic mass is 9.95. The number of aryl methyl sites for hydroxylation is 1. The second kappa shape index (κ2) is 13.0. The van der Waals surface area contributed by atoms with Crippen LogP contribution >= 0.6 is 12.6 Å². The third kappa shape index (κ3) is 6.78. The van der Waals surface area contributed by atoms with E-state index in [9.17, 15) is 25.2 Å². The van der Waals surface area contributed by atoms with Crippen molar-refractivity contribution in [2.75, 3.05) is 18.8 Å². The second-order valence-electron chi connectivity index (χ2n) is 8.46. The number of aliphatic carboxylic acids is 1. The fourth-order valence-electron chi connectivity index (χ4n) is 4.51. The Morgan fingerprint density at radius 2 is 1.71 bits per heavy atom. The molecule has 2 aromatic carbocycles. The zero-order valence-corrected chi connectivity index (χ0v) is 20.3. The monoisotopic (exact) mass is 499 g/mol. The van der Waals surface area contributed by atoms with Gasteiger partial charge < -0.3 is 26.2 Å². The summed E-state index contributed by atoms with van der Waals surface area (Å²) in [4.78, 5) is 18.5. The molecule has 0 aliphatic heterocycles. The van der Waals surface area contributed by atoms with Gasteiger partial charge in [-0.3, -0.25) is 9.69 Å². The van der Waals surface area contributed by atoms with Crippen molar-refractivity contribution >= 4 is 29.4 Å². The molecule has 0 saturated carbocycles. The van der Waals surface area contributed by atoms with Crippen molar-refractivity contribution in [3.63, 3.8) is 0 Å². The Bertz CT molecular complexity index is 1100. The number of fused-ring (bicyclic) bond motifs is 1. The quantitative estimate of drug-likeness (QED) is 0.155. The number of hydrogen-bond acceptors (Lipinski definition) is 8. The minimum atomic E-state index is -1.81. The predicted molar refractivity (Wildman–Crippen MR) is 138 cm³/mol. The third-order valence-electron chi connectivity index (χ3n) is 6.17. The highest BCUT2D eigenvalue weighted by Crippen LogP contribution is 2.32. The van der Waals surface area contributed by atoms with Gasteiger partial charge in [0.05, 0.1) is 11.4 Å². The number of carboxylic acid groups (broad SMARTS) is 1. The molecule has 9 heteroatoms. The van der Waals surface area contributed by atoms with Gasteiger partial charge in [0.2, 0.25) is 0 Å². The topological polar surface area (TPSA) is 140 Å². The Labute approximate surface area is 210 Å². The van der Waals surface area contributed by atoms with Crippen LogP contribution in [-0.2, 0) is 11.2 Å². The average molecular weight is 500 g/mol. The summed E-state index contributed by atoms with van der Waals surface area (Å²) >= 11 is 4.37. The third-order valence-corrected chi connectivity index (χ3v) is 6.43. The molecule has 0 aliphatic carbocycles. The van der Waals surface area contributed by atoms with E-state index in [2.05, 4.69) is 17.6 Å². The molecule has 0 bridgehead atoms. The molecule has 3 rings (SSSR count). The normalized spacial score (nSPS) is 14.4. The first-order valence-corrected chi connectivity index (χ1v) is 12.3. The van der Waals surface area contributed by atoms with E-state index < -0.39 is 30.4 Å². The van der Waals surface area contributed by atoms with E-state index in [0.29, 0.717) is 35.8 Å². The molecule has 0 amide bonds. The number of nitrogens with zero attached hydrogens (tertiary/aromatic N) is 2. The van der Waals surface area contributed by atoms with E-state index in [1.54, 1.807) is 29.2 Å². The van der Waals surface area contributed by atoms with Gasteiger partial charge >= 0.3 is 5.97 Å². The fraction of sp³-hybridized carbons (Fsp3) is 0.385. The zero-order chi connectivity index (χ0) is 25.4. The molecular formula is C26H33N3O5S. The van der Waals surface area contributed by atoms with Gasteiger partial charge in [-0.15, -0.1) is 0 Å². The number of thiol groups is 1. The Hall–Kier alpha value is -2.53. The number of carbonyl (C=O) groups is 1. The van der Waals surface area contributed by atoms with E-state index in [1.165, 1.54) is 0 Å². The van der Waals surface area contributed by atoms with E-state index in [-0.39, 0.29) is 24.5 Å². The molecule has 0 saturated heterocycles. The molecule has 188 valence electrons. The van der Waals surface area contributed by atoms with Crippen molar-refractivity contribution in [3.8, 4) is 0 Å². The molecule has 1 heterocycles. The molecule has 0 spiro atoms. The van der Waals surface area contributed by atoms with Gasteiger partial charge in [-0.25, -0.2) is 4.98 Å². The van der Waals surface area contributed by atoms with Gasteiger partial charge in [0.15, 0.2) is 6.29 Å². The van der Waals surface area contributed by atoms with Crippen LogP contribution in [-0.4, -0.2) is 67.2 Å². The summed E-state index contributed by atoms with van der Waals surface area (Å²) < 4.78 is 0. The maximum absolute atomic E-state index is 12.4. The molecule has 6 N–H and O–H groups in total. The van der Waals surface area contributed by atoms with Crippen LogP contribution in [0.2, 0.25) is 0 Å². The maximum atomic E-state index is 12.4. The van der Waals surface area contributed by atoms with Crippen molar-refractivity contribution in [1.82, 2.24) is 9.88 Å². The smallest absolute Gasteiger partial charge is 0.320 e. The Morgan fingerprint density at radius 3 is 2.34 bits per heavy atom. The summed E-state index contributed by atoms with van der Waals surface area (Å²) in [6.45, 7) is 0.454. The Kier molecular flexibility index (Phi) is 10.0. The number of aromatic nitrogens is 1. The summed E-state index contributed by atoms with van der Waals surface area (Å²) in [5.41, 5.74) is 7.17. The zero-order valence-electron chi connectivity index (χ0n) is 19.4. The number of aliphatic hydroxyl groups excluding tert-OH is 2. The maximum Gasteiger partial charge on any atom is 0.320 e. The van der Waals surface area contributed by atoms with Crippen LogP contribution in [0.5, 0.6) is 0 Å². The molecule has 3 aromatic rings. The standard InChI is InChI=1S/C26H33N3O5S/c27-13-14-29(22(26(33)34)11-10-17-6-2-1-3-7-17)21(12-15-35)24(30)23-19-9-5-4-8-18(19)16-20(28-23)25(31)32/h1-9,16,21-22,24-25,30-32,35H,10-15,27H2,(H,33,34)/t21-,22-,24?/m0/s1. The highest BCUT2D eigenvalue weighted by Gasteiger charge is 2.36. The number of carboxylic acids is 1. The minimum Gasteiger partial charge on any atom is -0.480 e. The molecule has 0 fully saturated rings. The van der Waals surface area contributed by atoms with Crippen LogP contribution in [0, 0.1) is 0 Å². The van der Waals surface area contributed by atoms with Crippen molar-refractivity contribution in [3.05, 3.63) is 77.6 Å². The lowest BCUT2D eigenvalue weighted by molar-refractivity contribution is -0.146. The van der Waals surface area contributed by atoms with E-state index in [1.807, 2.05) is 36.4 Å². The van der Waals surface area contributed by atoms with Gasteiger partial charge in [0.1, 0.15) is 12.1 Å². The highest BCUT2D eigenvalue weighted by molar-refractivity contribution is 7.80. The number of rotatable bonds is 13. The number of benzene rings is 2. The Morgan fingerprint density at radius 1 is 1.03 bits per heavy atom. The molecule has 3 atom stereocenters. The van der Waals surface area contributed by atoms with Gasteiger partial charge in [0, 0.05) is 24.5 Å². The Balaban J connectivity index is 2.01. The van der Waals surface area contributed by atoms with Gasteiger partial charge in [-0.05, 0) is 42.0 Å². The fourth-order valence-corrected chi connectivity index (χ4v) is 4.77. The number of aliphatic hydroxyl groups is 3. The van der Waals surface area contributed by atoms with Crippen molar-refractivity contribution in [2.24, 2.45) is 5.73 Å². The van der Waals surface area contributed by atoms with E-state index in [0.717, 1.165) is 5.56 Å². The number of pyridine rings is 1. The van der Waals surface area contributed by atoms with Crippen LogP contribution in [0.15, 0.2) is 60.7 Å². The highest BCUT2D eigenvalue weighted by atomic mass is 32.1. The van der Waals surface area contributed by atoms with Crippen molar-refractivity contribution < 1.29 is 25.2 Å². The molecule has 8 nitrogen and oxygen atoms in total. The van der Waals surface area contributed by atoms with E-state index in [4.69, 9.17) is 5.73 Å². The van der Waals surface area contributed by atoms with Crippen molar-refractivity contribution in [1.29, 1.82) is 0 Å². The molecule has 1 unspecified atom stereocenters. The lowest BCUT2D eigenvalue weighted by Gasteiger charge is -2.38. The summed E-state index contributed by atoms with van der Waals surface area (Å²) in [6, 6.07) is 16.9. The lowest BCUT2D eigenvalue weighted by Crippen LogP contribution is -2.52. The molecule has 0 aliphatic rings. The number of hydrogen-bond donors (Lipinski definition) is 6. The molecule has 35 heavy (non-hydrogen) atoms. The summed E-state index contributed by atoms with van der Waals surface area (Å²) in [6.07, 6.45) is -1.77. The van der Waals surface area contributed by atoms with Crippen LogP contribution < -0.4 is 5.73 Å². The van der Waals surface area contributed by atoms with Crippen LogP contribution in [0.3, 0.4) is 0 Å². The molecule has 1 aromatic heterocycles. The van der Waals surface area contributed by atoms with Crippen LogP contribution in [0.1, 0.15) is 42.2 Å². The van der Waals surface area contributed by atoms with Gasteiger partial charge in [-0.1, -0.05) is 54.6 Å². The largest absolute Gasteiger partial charge is 0.480 e. The van der Waals surface area contributed by atoms with Gasteiger partial charge in [-0.2, -0.15) is 12.6 Å². The first kappa shape index (κ1) is 27.1. The molecule has 0 radical (unpaired) electrons. The van der Waals surface area contributed by atoms with Crippen LogP contribution in [0.4, 0.5) is 0 Å². The first-order valence-electron chi connectivity index (χ1n) is 11.6. The number of nitrogens with two attached hydrogens (primary N) is 1. The second-order valence-corrected chi connectivity index (χ2v) is 8.90. The summed E-state index contributed by atoms with van der Waals surface area (Å²) in [5.74, 6) is -0.600. The predicted octanol–water partition coefficient (Wildman–Crippen LogP) is 2.29.